The lowest BCUT2D eigenvalue weighted by Crippen LogP contribution is -2.23. The molecule has 0 rings (SSSR count). The van der Waals surface area contributed by atoms with Crippen molar-refractivity contribution in [2.24, 2.45) is 0 Å². The summed E-state index contributed by atoms with van der Waals surface area (Å²) in [5, 5.41) is 0. The summed E-state index contributed by atoms with van der Waals surface area (Å²) in [5.41, 5.74) is 0. The van der Waals surface area contributed by atoms with Gasteiger partial charge in [-0.3, -0.25) is 0 Å². The second-order valence-corrected chi connectivity index (χ2v) is 4.03. The Bertz CT molecular complexity index is 169. The van der Waals surface area contributed by atoms with Crippen LogP contribution in [0, 0.1) is 0 Å². The Kier molecular flexibility index (Phi) is 10.5. The molecule has 16 heavy (non-hydrogen) atoms. The quantitative estimate of drug-likeness (QED) is 0.426. The summed E-state index contributed by atoms with van der Waals surface area (Å²) in [4.78, 5) is 11.2. The first kappa shape index (κ1) is 15.4. The SMILES string of the molecule is CCCCCCCCOC(C)C(=O)OCC. The lowest BCUT2D eigenvalue weighted by Gasteiger charge is -2.11. The second kappa shape index (κ2) is 10.9. The van der Waals surface area contributed by atoms with Gasteiger partial charge < -0.3 is 9.47 Å². The second-order valence-electron chi connectivity index (χ2n) is 4.03. The topological polar surface area (TPSA) is 35.5 Å². The van der Waals surface area contributed by atoms with E-state index in [4.69, 9.17) is 9.47 Å². The number of carbonyl (C=O) groups excluding carboxylic acids is 1. The molecule has 96 valence electrons. The fourth-order valence-electron chi connectivity index (χ4n) is 1.47. The standard InChI is InChI=1S/C13H26O3/c1-4-6-7-8-9-10-11-16-12(3)13(14)15-5-2/h12H,4-11H2,1-3H3. The number of rotatable bonds is 10. The molecule has 0 bridgehead atoms. The van der Waals surface area contributed by atoms with Crippen molar-refractivity contribution >= 4 is 5.97 Å². The van der Waals surface area contributed by atoms with Crippen molar-refractivity contribution in [2.45, 2.75) is 65.4 Å². The summed E-state index contributed by atoms with van der Waals surface area (Å²) in [6.07, 6.45) is 6.98. The van der Waals surface area contributed by atoms with Crippen LogP contribution in [0.25, 0.3) is 0 Å². The Morgan fingerprint density at radius 2 is 1.69 bits per heavy atom. The summed E-state index contributed by atoms with van der Waals surface area (Å²) in [7, 11) is 0. The lowest BCUT2D eigenvalue weighted by atomic mass is 10.1. The van der Waals surface area contributed by atoms with Crippen molar-refractivity contribution in [2.75, 3.05) is 13.2 Å². The third-order valence-electron chi connectivity index (χ3n) is 2.48. The minimum atomic E-state index is -0.421. The maximum absolute atomic E-state index is 11.2. The van der Waals surface area contributed by atoms with Crippen molar-refractivity contribution in [3.05, 3.63) is 0 Å². The van der Waals surface area contributed by atoms with Crippen LogP contribution in [0.15, 0.2) is 0 Å². The molecule has 0 aromatic rings. The predicted molar refractivity (Wildman–Crippen MR) is 65.4 cm³/mol. The van der Waals surface area contributed by atoms with E-state index in [1.54, 1.807) is 13.8 Å². The highest BCUT2D eigenvalue weighted by molar-refractivity contribution is 5.74. The van der Waals surface area contributed by atoms with Crippen LogP contribution >= 0.6 is 0 Å². The van der Waals surface area contributed by atoms with Gasteiger partial charge in [0.1, 0.15) is 0 Å². The molecule has 0 heterocycles. The Hall–Kier alpha value is -0.570. The van der Waals surface area contributed by atoms with Crippen LogP contribution < -0.4 is 0 Å². The molecule has 0 saturated heterocycles. The Morgan fingerprint density at radius 3 is 2.31 bits per heavy atom. The van der Waals surface area contributed by atoms with Crippen molar-refractivity contribution in [1.29, 1.82) is 0 Å². The number of ether oxygens (including phenoxy) is 2. The number of hydrogen-bond donors (Lipinski definition) is 0. The molecule has 0 saturated carbocycles. The molecule has 0 amide bonds. The first-order chi connectivity index (χ1) is 7.72. The van der Waals surface area contributed by atoms with E-state index < -0.39 is 6.10 Å². The summed E-state index contributed by atoms with van der Waals surface area (Å²) in [5.74, 6) is -0.256. The fraction of sp³-hybridized carbons (Fsp3) is 0.923. The minimum Gasteiger partial charge on any atom is -0.464 e. The molecule has 0 fully saturated rings. The van der Waals surface area contributed by atoms with E-state index in [2.05, 4.69) is 6.92 Å². The van der Waals surface area contributed by atoms with E-state index in [1.807, 2.05) is 0 Å². The first-order valence-electron chi connectivity index (χ1n) is 6.50. The van der Waals surface area contributed by atoms with Crippen molar-refractivity contribution in [3.8, 4) is 0 Å². The molecule has 0 N–H and O–H groups in total. The Balaban J connectivity index is 3.27. The normalized spacial score (nSPS) is 12.4. The smallest absolute Gasteiger partial charge is 0.334 e. The molecule has 1 unspecified atom stereocenters. The molecule has 0 spiro atoms. The highest BCUT2D eigenvalue weighted by atomic mass is 16.6. The minimum absolute atomic E-state index is 0.256. The van der Waals surface area contributed by atoms with Crippen molar-refractivity contribution in [1.82, 2.24) is 0 Å². The lowest BCUT2D eigenvalue weighted by molar-refractivity contribution is -0.155. The first-order valence-corrected chi connectivity index (χ1v) is 6.50. The third-order valence-corrected chi connectivity index (χ3v) is 2.48. The molecule has 1 atom stereocenters. The van der Waals surface area contributed by atoms with E-state index in [0.29, 0.717) is 13.2 Å². The zero-order chi connectivity index (χ0) is 12.2. The molecule has 0 aliphatic heterocycles. The van der Waals surface area contributed by atoms with Gasteiger partial charge >= 0.3 is 5.97 Å². The maximum atomic E-state index is 11.2. The molecule has 0 aromatic heterocycles. The Morgan fingerprint density at radius 1 is 1.06 bits per heavy atom. The van der Waals surface area contributed by atoms with E-state index in [9.17, 15) is 4.79 Å². The van der Waals surface area contributed by atoms with Crippen LogP contribution in [-0.4, -0.2) is 25.3 Å². The molecule has 0 aliphatic rings. The van der Waals surface area contributed by atoms with Gasteiger partial charge in [-0.25, -0.2) is 4.79 Å². The maximum Gasteiger partial charge on any atom is 0.334 e. The van der Waals surface area contributed by atoms with E-state index >= 15 is 0 Å². The van der Waals surface area contributed by atoms with Gasteiger partial charge in [0.15, 0.2) is 6.10 Å². The van der Waals surface area contributed by atoms with E-state index in [-0.39, 0.29) is 5.97 Å². The van der Waals surface area contributed by atoms with Crippen molar-refractivity contribution < 1.29 is 14.3 Å². The summed E-state index contributed by atoms with van der Waals surface area (Å²) < 4.78 is 10.2. The van der Waals surface area contributed by atoms with Gasteiger partial charge in [0.05, 0.1) is 6.61 Å². The average Bonchev–Trinajstić information content (AvgIpc) is 2.28. The number of esters is 1. The highest BCUT2D eigenvalue weighted by Gasteiger charge is 2.13. The van der Waals surface area contributed by atoms with Gasteiger partial charge in [0, 0.05) is 6.61 Å². The molecule has 0 radical (unpaired) electrons. The van der Waals surface area contributed by atoms with Crippen LogP contribution in [-0.2, 0) is 14.3 Å². The number of hydrogen-bond acceptors (Lipinski definition) is 3. The van der Waals surface area contributed by atoms with Gasteiger partial charge in [-0.15, -0.1) is 0 Å². The van der Waals surface area contributed by atoms with Gasteiger partial charge in [-0.05, 0) is 20.3 Å². The van der Waals surface area contributed by atoms with Crippen LogP contribution in [0.5, 0.6) is 0 Å². The predicted octanol–water partition coefficient (Wildman–Crippen LogP) is 3.32. The molecule has 0 aliphatic carbocycles. The summed E-state index contributed by atoms with van der Waals surface area (Å²) >= 11 is 0. The van der Waals surface area contributed by atoms with Crippen LogP contribution in [0.1, 0.15) is 59.3 Å². The highest BCUT2D eigenvalue weighted by Crippen LogP contribution is 2.06. The monoisotopic (exact) mass is 230 g/mol. The van der Waals surface area contributed by atoms with Crippen LogP contribution in [0.2, 0.25) is 0 Å². The summed E-state index contributed by atoms with van der Waals surface area (Å²) in [6, 6.07) is 0. The van der Waals surface area contributed by atoms with Gasteiger partial charge in [-0.2, -0.15) is 0 Å². The third kappa shape index (κ3) is 8.72. The summed E-state index contributed by atoms with van der Waals surface area (Å²) in [6.45, 7) is 6.84. The van der Waals surface area contributed by atoms with E-state index in [0.717, 1.165) is 6.42 Å². The van der Waals surface area contributed by atoms with E-state index in [1.165, 1.54) is 32.1 Å². The zero-order valence-electron chi connectivity index (χ0n) is 11.0. The zero-order valence-corrected chi connectivity index (χ0v) is 11.0. The number of carbonyl (C=O) groups is 1. The van der Waals surface area contributed by atoms with Crippen LogP contribution in [0.4, 0.5) is 0 Å². The molecule has 0 aromatic carbocycles. The fourth-order valence-corrected chi connectivity index (χ4v) is 1.47. The molecule has 3 nitrogen and oxygen atoms in total. The van der Waals surface area contributed by atoms with Gasteiger partial charge in [0.2, 0.25) is 0 Å². The Labute approximate surface area is 99.5 Å². The van der Waals surface area contributed by atoms with Gasteiger partial charge in [-0.1, -0.05) is 39.0 Å². The van der Waals surface area contributed by atoms with Crippen LogP contribution in [0.3, 0.4) is 0 Å². The van der Waals surface area contributed by atoms with Gasteiger partial charge in [0.25, 0.3) is 0 Å². The van der Waals surface area contributed by atoms with Crippen molar-refractivity contribution in [3.63, 3.8) is 0 Å². The molecular weight excluding hydrogens is 204 g/mol. The largest absolute Gasteiger partial charge is 0.464 e. The average molecular weight is 230 g/mol. The molecule has 3 heteroatoms. The molecular formula is C13H26O3. The number of unbranched alkanes of at least 4 members (excludes halogenated alkanes) is 5.